The highest BCUT2D eigenvalue weighted by Crippen LogP contribution is 2.34. The van der Waals surface area contributed by atoms with Crippen LogP contribution < -0.4 is 4.72 Å². The number of carbonyl (C=O) groups is 1. The predicted octanol–water partition coefficient (Wildman–Crippen LogP) is 3.78. The maximum absolute atomic E-state index is 12.8. The molecular weight excluding hydrogens is 388 g/mol. The maximum atomic E-state index is 12.8. The van der Waals surface area contributed by atoms with Crippen LogP contribution in [0.3, 0.4) is 0 Å². The first-order valence-corrected chi connectivity index (χ1v) is 10.7. The van der Waals surface area contributed by atoms with Gasteiger partial charge in [0.15, 0.2) is 0 Å². The Morgan fingerprint density at radius 3 is 2.70 bits per heavy atom. The van der Waals surface area contributed by atoms with E-state index in [0.717, 1.165) is 41.7 Å². The predicted molar refractivity (Wildman–Crippen MR) is 101 cm³/mol. The largest absolute Gasteiger partial charge is 0.478 e. The molecule has 1 aromatic carbocycles. The molecule has 140 valence electrons. The molecular formula is C18H16N2O5S2. The first kappa shape index (κ1) is 17.7. The second-order valence-corrected chi connectivity index (χ2v) is 9.24. The van der Waals surface area contributed by atoms with E-state index in [1.807, 2.05) is 6.07 Å². The molecule has 0 unspecified atom stereocenters. The molecule has 0 bridgehead atoms. The first-order valence-electron chi connectivity index (χ1n) is 8.37. The normalized spacial score (nSPS) is 13.9. The van der Waals surface area contributed by atoms with Crippen LogP contribution in [-0.2, 0) is 22.9 Å². The van der Waals surface area contributed by atoms with Crippen LogP contribution >= 0.6 is 11.3 Å². The molecule has 4 rings (SSSR count). The molecule has 0 fully saturated rings. The van der Waals surface area contributed by atoms with Crippen molar-refractivity contribution < 1.29 is 22.8 Å². The smallest absolute Gasteiger partial charge is 0.338 e. The Kier molecular flexibility index (Phi) is 4.48. The molecule has 2 heterocycles. The number of benzene rings is 1. The fraction of sp³-hybridized carbons (Fsp3) is 0.222. The fourth-order valence-electron chi connectivity index (χ4n) is 3.29. The molecule has 3 aromatic rings. The minimum absolute atomic E-state index is 0.0454. The van der Waals surface area contributed by atoms with E-state index < -0.39 is 16.0 Å². The number of hydrogen-bond donors (Lipinski definition) is 2. The van der Waals surface area contributed by atoms with Crippen molar-refractivity contribution in [3.63, 3.8) is 0 Å². The van der Waals surface area contributed by atoms with E-state index in [0.29, 0.717) is 17.0 Å². The van der Waals surface area contributed by atoms with Gasteiger partial charge < -0.3 is 9.63 Å². The highest BCUT2D eigenvalue weighted by Gasteiger charge is 2.25. The van der Waals surface area contributed by atoms with Crippen LogP contribution in [0, 0.1) is 0 Å². The van der Waals surface area contributed by atoms with Gasteiger partial charge in [0.2, 0.25) is 0 Å². The number of sulfonamides is 1. The van der Waals surface area contributed by atoms with Crippen LogP contribution in [0.4, 0.5) is 5.69 Å². The third-order valence-corrected chi connectivity index (χ3v) is 7.49. The van der Waals surface area contributed by atoms with Crippen LogP contribution in [-0.4, -0.2) is 24.7 Å². The Balaban J connectivity index is 1.70. The van der Waals surface area contributed by atoms with Crippen LogP contribution in [0.15, 0.2) is 45.3 Å². The number of fused-ring (bicyclic) bond motifs is 1. The SMILES string of the molecule is O=C(O)c1c(NS(=O)(=O)c2ccc(-c3ccon3)s2)ccc2c1CCCC2. The van der Waals surface area contributed by atoms with Crippen molar-refractivity contribution >= 4 is 33.0 Å². The molecule has 1 aliphatic rings. The zero-order valence-corrected chi connectivity index (χ0v) is 15.8. The zero-order valence-electron chi connectivity index (χ0n) is 14.1. The number of thiophene rings is 1. The molecule has 2 aromatic heterocycles. The lowest BCUT2D eigenvalue weighted by atomic mass is 9.87. The van der Waals surface area contributed by atoms with Crippen molar-refractivity contribution in [2.45, 2.75) is 29.9 Å². The van der Waals surface area contributed by atoms with E-state index in [1.54, 1.807) is 12.1 Å². The van der Waals surface area contributed by atoms with E-state index in [2.05, 4.69) is 9.88 Å². The molecule has 7 nitrogen and oxygen atoms in total. The molecule has 0 saturated carbocycles. The molecule has 2 N–H and O–H groups in total. The van der Waals surface area contributed by atoms with Gasteiger partial charge in [-0.2, -0.15) is 0 Å². The second kappa shape index (κ2) is 6.82. The molecule has 0 amide bonds. The van der Waals surface area contributed by atoms with Gasteiger partial charge in [-0.25, -0.2) is 13.2 Å². The maximum Gasteiger partial charge on any atom is 0.338 e. The van der Waals surface area contributed by atoms with Crippen molar-refractivity contribution in [3.05, 3.63) is 53.3 Å². The molecule has 0 radical (unpaired) electrons. The molecule has 1 aliphatic carbocycles. The zero-order chi connectivity index (χ0) is 19.0. The number of aromatic carboxylic acids is 1. The standard InChI is InChI=1S/C18H16N2O5S2/c21-18(22)17-12-4-2-1-3-11(12)5-6-14(17)20-27(23,24)16-8-7-15(26-16)13-9-10-25-19-13/h5-10,20H,1-4H2,(H,21,22). The number of nitrogens with zero attached hydrogens (tertiary/aromatic N) is 1. The number of carboxylic acid groups (broad SMARTS) is 1. The lowest BCUT2D eigenvalue weighted by Crippen LogP contribution is -2.18. The average molecular weight is 404 g/mol. The second-order valence-electron chi connectivity index (χ2n) is 6.25. The lowest BCUT2D eigenvalue weighted by molar-refractivity contribution is 0.0696. The molecule has 27 heavy (non-hydrogen) atoms. The lowest BCUT2D eigenvalue weighted by Gasteiger charge is -2.20. The number of anilines is 1. The third-order valence-electron chi connectivity index (χ3n) is 4.53. The van der Waals surface area contributed by atoms with Crippen molar-refractivity contribution in [2.75, 3.05) is 4.72 Å². The number of aryl methyl sites for hydroxylation is 1. The van der Waals surface area contributed by atoms with E-state index in [-0.39, 0.29) is 15.5 Å². The van der Waals surface area contributed by atoms with Crippen molar-refractivity contribution in [1.82, 2.24) is 5.16 Å². The molecule has 0 aliphatic heterocycles. The molecule has 0 saturated heterocycles. The van der Waals surface area contributed by atoms with E-state index in [1.165, 1.54) is 18.4 Å². The number of nitrogens with one attached hydrogen (secondary N) is 1. The number of carboxylic acids is 1. The third kappa shape index (κ3) is 3.35. The van der Waals surface area contributed by atoms with Crippen LogP contribution in [0.5, 0.6) is 0 Å². The minimum Gasteiger partial charge on any atom is -0.478 e. The minimum atomic E-state index is -3.92. The van der Waals surface area contributed by atoms with Crippen molar-refractivity contribution in [1.29, 1.82) is 0 Å². The summed E-state index contributed by atoms with van der Waals surface area (Å²) in [5.74, 6) is -1.12. The Bertz CT molecular complexity index is 1100. The average Bonchev–Trinajstić information content (AvgIpc) is 3.32. The first-order chi connectivity index (χ1) is 13.0. The number of hydrogen-bond acceptors (Lipinski definition) is 6. The molecule has 0 atom stereocenters. The van der Waals surface area contributed by atoms with Gasteiger partial charge in [-0.15, -0.1) is 11.3 Å². The molecule has 0 spiro atoms. The van der Waals surface area contributed by atoms with Gasteiger partial charge in [0.05, 0.1) is 16.1 Å². The van der Waals surface area contributed by atoms with Gasteiger partial charge in [0, 0.05) is 6.07 Å². The monoisotopic (exact) mass is 404 g/mol. The van der Waals surface area contributed by atoms with Crippen LogP contribution in [0.25, 0.3) is 10.6 Å². The van der Waals surface area contributed by atoms with E-state index >= 15 is 0 Å². The van der Waals surface area contributed by atoms with Gasteiger partial charge in [-0.1, -0.05) is 11.2 Å². The summed E-state index contributed by atoms with van der Waals surface area (Å²) < 4.78 is 32.9. The topological polar surface area (TPSA) is 110 Å². The summed E-state index contributed by atoms with van der Waals surface area (Å²) in [6, 6.07) is 8.10. The van der Waals surface area contributed by atoms with Crippen LogP contribution in [0.1, 0.15) is 34.3 Å². The van der Waals surface area contributed by atoms with Crippen molar-refractivity contribution in [2.24, 2.45) is 0 Å². The Morgan fingerprint density at radius 2 is 1.96 bits per heavy atom. The molecule has 9 heteroatoms. The highest BCUT2D eigenvalue weighted by molar-refractivity contribution is 7.94. The fourth-order valence-corrected chi connectivity index (χ4v) is 5.63. The summed E-state index contributed by atoms with van der Waals surface area (Å²) in [5, 5.41) is 13.5. The number of rotatable bonds is 5. The summed E-state index contributed by atoms with van der Waals surface area (Å²) in [7, 11) is -3.92. The Labute approximate surface area is 159 Å². The van der Waals surface area contributed by atoms with Crippen molar-refractivity contribution in [3.8, 4) is 10.6 Å². The van der Waals surface area contributed by atoms with Gasteiger partial charge >= 0.3 is 5.97 Å². The van der Waals surface area contributed by atoms with Gasteiger partial charge in [-0.05, 0) is 55.0 Å². The summed E-state index contributed by atoms with van der Waals surface area (Å²) >= 11 is 1.04. The van der Waals surface area contributed by atoms with E-state index in [9.17, 15) is 18.3 Å². The van der Waals surface area contributed by atoms with E-state index in [4.69, 9.17) is 4.52 Å². The van der Waals surface area contributed by atoms with Gasteiger partial charge in [0.1, 0.15) is 16.2 Å². The summed E-state index contributed by atoms with van der Waals surface area (Å²) in [4.78, 5) is 12.5. The van der Waals surface area contributed by atoms with Gasteiger partial charge in [0.25, 0.3) is 10.0 Å². The Morgan fingerprint density at radius 1 is 1.15 bits per heavy atom. The highest BCUT2D eigenvalue weighted by atomic mass is 32.2. The quantitative estimate of drug-likeness (QED) is 0.670. The van der Waals surface area contributed by atoms with Gasteiger partial charge in [-0.3, -0.25) is 4.72 Å². The summed E-state index contributed by atoms with van der Waals surface area (Å²) in [6.45, 7) is 0. The summed E-state index contributed by atoms with van der Waals surface area (Å²) in [6.07, 6.45) is 4.77. The Hall–Kier alpha value is -2.65. The van der Waals surface area contributed by atoms with Crippen LogP contribution in [0.2, 0.25) is 0 Å². The summed E-state index contributed by atoms with van der Waals surface area (Å²) in [5.41, 5.74) is 2.39. The number of aromatic nitrogens is 1.